The van der Waals surface area contributed by atoms with E-state index in [1.807, 2.05) is 25.1 Å². The molecule has 116 valence electrons. The minimum atomic E-state index is -0.227. The van der Waals surface area contributed by atoms with Crippen molar-refractivity contribution >= 4 is 17.5 Å². The van der Waals surface area contributed by atoms with Crippen LogP contribution in [0.5, 0.6) is 0 Å². The Hall–Kier alpha value is -1.91. The lowest BCUT2D eigenvalue weighted by atomic mass is 10.0. The number of nitrogens with one attached hydrogen (secondary N) is 1. The summed E-state index contributed by atoms with van der Waals surface area (Å²) in [6.45, 7) is 2.30. The zero-order valence-corrected chi connectivity index (χ0v) is 13.2. The van der Waals surface area contributed by atoms with E-state index in [1.54, 1.807) is 24.5 Å². The molecule has 0 aliphatic rings. The Morgan fingerprint density at radius 2 is 2.23 bits per heavy atom. The molecule has 0 aliphatic carbocycles. The van der Waals surface area contributed by atoms with Crippen molar-refractivity contribution in [3.05, 3.63) is 64.4 Å². The Morgan fingerprint density at radius 1 is 1.41 bits per heavy atom. The highest BCUT2D eigenvalue weighted by molar-refractivity contribution is 6.33. The van der Waals surface area contributed by atoms with Crippen LogP contribution < -0.4 is 5.32 Å². The quantitative estimate of drug-likeness (QED) is 0.860. The smallest absolute Gasteiger partial charge is 0.252 e. The van der Waals surface area contributed by atoms with Crippen LogP contribution in [0.15, 0.2) is 42.7 Å². The molecular weight excluding hydrogens is 300 g/mol. The van der Waals surface area contributed by atoms with Gasteiger partial charge in [0.15, 0.2) is 0 Å². The molecule has 1 atom stereocenters. The molecule has 0 saturated carbocycles. The van der Waals surface area contributed by atoms with Crippen LogP contribution in [-0.4, -0.2) is 29.1 Å². The number of amides is 1. The van der Waals surface area contributed by atoms with Gasteiger partial charge in [-0.15, -0.1) is 0 Å². The summed E-state index contributed by atoms with van der Waals surface area (Å²) in [5.41, 5.74) is 2.49. The van der Waals surface area contributed by atoms with Crippen LogP contribution in [0, 0.1) is 12.8 Å². The Bertz CT molecular complexity index is 632. The SMILES string of the molecule is Cc1ccc(C(=O)NC[C@H](CO)Cc2cccnc2)c(Cl)c1. The number of aromatic nitrogens is 1. The van der Waals surface area contributed by atoms with Crippen LogP contribution in [0.1, 0.15) is 21.5 Å². The van der Waals surface area contributed by atoms with E-state index in [1.165, 1.54) is 0 Å². The highest BCUT2D eigenvalue weighted by Gasteiger charge is 2.14. The lowest BCUT2D eigenvalue weighted by Gasteiger charge is -2.15. The van der Waals surface area contributed by atoms with E-state index in [0.29, 0.717) is 23.6 Å². The molecular formula is C17H19ClN2O2. The van der Waals surface area contributed by atoms with Crippen LogP contribution in [0.2, 0.25) is 5.02 Å². The minimum Gasteiger partial charge on any atom is -0.396 e. The van der Waals surface area contributed by atoms with E-state index < -0.39 is 0 Å². The fourth-order valence-corrected chi connectivity index (χ4v) is 2.51. The number of hydrogen-bond acceptors (Lipinski definition) is 3. The number of nitrogens with zero attached hydrogens (tertiary/aromatic N) is 1. The standard InChI is InChI=1S/C17H19ClN2O2/c1-12-4-5-15(16(18)7-12)17(22)20-10-14(11-21)8-13-3-2-6-19-9-13/h2-7,9,14,21H,8,10-11H2,1H3,(H,20,22)/t14-/m1/s1. The predicted molar refractivity (Wildman–Crippen MR) is 87.0 cm³/mol. The van der Waals surface area contributed by atoms with Crippen molar-refractivity contribution in [3.8, 4) is 0 Å². The molecule has 2 rings (SSSR count). The summed E-state index contributed by atoms with van der Waals surface area (Å²) in [6.07, 6.45) is 4.13. The molecule has 0 fully saturated rings. The van der Waals surface area contributed by atoms with Crippen molar-refractivity contribution < 1.29 is 9.90 Å². The van der Waals surface area contributed by atoms with Crippen molar-refractivity contribution in [2.75, 3.05) is 13.2 Å². The number of carbonyl (C=O) groups is 1. The van der Waals surface area contributed by atoms with E-state index in [2.05, 4.69) is 10.3 Å². The van der Waals surface area contributed by atoms with E-state index in [9.17, 15) is 9.90 Å². The van der Waals surface area contributed by atoms with E-state index in [-0.39, 0.29) is 18.4 Å². The number of hydrogen-bond donors (Lipinski definition) is 2. The van der Waals surface area contributed by atoms with E-state index in [4.69, 9.17) is 11.6 Å². The number of halogens is 1. The third-order valence-corrected chi connectivity index (χ3v) is 3.74. The largest absolute Gasteiger partial charge is 0.396 e. The van der Waals surface area contributed by atoms with Gasteiger partial charge in [0, 0.05) is 31.5 Å². The van der Waals surface area contributed by atoms with E-state index in [0.717, 1.165) is 11.1 Å². The molecule has 5 heteroatoms. The highest BCUT2D eigenvalue weighted by Crippen LogP contribution is 2.17. The second-order valence-electron chi connectivity index (χ2n) is 5.31. The van der Waals surface area contributed by atoms with Gasteiger partial charge in [-0.25, -0.2) is 0 Å². The first-order valence-corrected chi connectivity index (χ1v) is 7.52. The van der Waals surface area contributed by atoms with Crippen molar-refractivity contribution in [1.82, 2.24) is 10.3 Å². The molecule has 1 amide bonds. The number of pyridine rings is 1. The Morgan fingerprint density at radius 3 is 2.86 bits per heavy atom. The van der Waals surface area contributed by atoms with Gasteiger partial charge in [0.05, 0.1) is 10.6 Å². The van der Waals surface area contributed by atoms with Crippen LogP contribution in [0.3, 0.4) is 0 Å². The molecule has 1 aromatic heterocycles. The van der Waals surface area contributed by atoms with Crippen molar-refractivity contribution in [2.45, 2.75) is 13.3 Å². The van der Waals surface area contributed by atoms with E-state index >= 15 is 0 Å². The number of carbonyl (C=O) groups excluding carboxylic acids is 1. The van der Waals surface area contributed by atoms with Crippen LogP contribution in [0.4, 0.5) is 0 Å². The number of aryl methyl sites for hydroxylation is 1. The highest BCUT2D eigenvalue weighted by atomic mass is 35.5. The average Bonchev–Trinajstić information content (AvgIpc) is 2.52. The normalized spacial score (nSPS) is 12.0. The Labute approximate surface area is 135 Å². The first-order valence-electron chi connectivity index (χ1n) is 7.14. The van der Waals surface area contributed by atoms with Gasteiger partial charge in [0.25, 0.3) is 5.91 Å². The first-order chi connectivity index (χ1) is 10.6. The summed E-state index contributed by atoms with van der Waals surface area (Å²) in [7, 11) is 0. The molecule has 0 aliphatic heterocycles. The third-order valence-electron chi connectivity index (χ3n) is 3.43. The predicted octanol–water partition coefficient (Wildman–Crippen LogP) is 2.62. The topological polar surface area (TPSA) is 62.2 Å². The number of rotatable bonds is 6. The van der Waals surface area contributed by atoms with Gasteiger partial charge in [-0.2, -0.15) is 0 Å². The lowest BCUT2D eigenvalue weighted by molar-refractivity contribution is 0.0940. The summed E-state index contributed by atoms with van der Waals surface area (Å²) >= 11 is 6.08. The second kappa shape index (κ2) is 7.92. The van der Waals surface area contributed by atoms with Crippen LogP contribution >= 0.6 is 11.6 Å². The monoisotopic (exact) mass is 318 g/mol. The van der Waals surface area contributed by atoms with Gasteiger partial charge in [-0.1, -0.05) is 23.7 Å². The molecule has 0 unspecified atom stereocenters. The summed E-state index contributed by atoms with van der Waals surface area (Å²) in [6, 6.07) is 9.13. The Kier molecular flexibility index (Phi) is 5.92. The second-order valence-corrected chi connectivity index (χ2v) is 5.71. The van der Waals surface area contributed by atoms with Gasteiger partial charge in [-0.05, 0) is 42.7 Å². The van der Waals surface area contributed by atoms with Gasteiger partial charge < -0.3 is 10.4 Å². The molecule has 0 saturated heterocycles. The van der Waals surface area contributed by atoms with Crippen LogP contribution in [-0.2, 0) is 6.42 Å². The maximum atomic E-state index is 12.2. The summed E-state index contributed by atoms with van der Waals surface area (Å²) in [4.78, 5) is 16.2. The molecule has 1 aromatic carbocycles. The van der Waals surface area contributed by atoms with Gasteiger partial charge in [0.1, 0.15) is 0 Å². The first kappa shape index (κ1) is 16.5. The zero-order chi connectivity index (χ0) is 15.9. The Balaban J connectivity index is 1.94. The zero-order valence-electron chi connectivity index (χ0n) is 12.4. The molecule has 0 radical (unpaired) electrons. The molecule has 0 spiro atoms. The molecule has 4 nitrogen and oxygen atoms in total. The summed E-state index contributed by atoms with van der Waals surface area (Å²) in [5, 5.41) is 12.7. The minimum absolute atomic E-state index is 0.00317. The van der Waals surface area contributed by atoms with Crippen molar-refractivity contribution in [3.63, 3.8) is 0 Å². The summed E-state index contributed by atoms with van der Waals surface area (Å²) in [5.74, 6) is -0.285. The third kappa shape index (κ3) is 4.55. The number of aliphatic hydroxyl groups is 1. The van der Waals surface area contributed by atoms with Gasteiger partial charge in [-0.3, -0.25) is 9.78 Å². The van der Waals surface area contributed by atoms with Crippen molar-refractivity contribution in [2.24, 2.45) is 5.92 Å². The number of benzene rings is 1. The lowest BCUT2D eigenvalue weighted by Crippen LogP contribution is -2.32. The number of aliphatic hydroxyl groups excluding tert-OH is 1. The maximum Gasteiger partial charge on any atom is 0.252 e. The molecule has 22 heavy (non-hydrogen) atoms. The fourth-order valence-electron chi connectivity index (χ4n) is 2.19. The maximum absolute atomic E-state index is 12.2. The molecule has 2 aromatic rings. The summed E-state index contributed by atoms with van der Waals surface area (Å²) < 4.78 is 0. The molecule has 1 heterocycles. The van der Waals surface area contributed by atoms with Gasteiger partial charge in [0.2, 0.25) is 0 Å². The fraction of sp³-hybridized carbons (Fsp3) is 0.294. The molecule has 2 N–H and O–H groups in total. The molecule has 0 bridgehead atoms. The van der Waals surface area contributed by atoms with Crippen molar-refractivity contribution in [1.29, 1.82) is 0 Å². The average molecular weight is 319 g/mol. The van der Waals surface area contributed by atoms with Gasteiger partial charge >= 0.3 is 0 Å². The van der Waals surface area contributed by atoms with Crippen LogP contribution in [0.25, 0.3) is 0 Å².